The summed E-state index contributed by atoms with van der Waals surface area (Å²) >= 11 is 0. The standard InChI is InChI=1S/C65H114O16P2/c1-4-7-10-13-16-19-22-25-27-28-29-30-32-35-36-39-42-45-48-51-63(68)75-54-60(66)55-77-82(71,72)78-56-61(67)57-79-83(73,74)80-59-62(81-65(70)53-50-47-44-41-38-33-24-21-18-15-12-9-6-3)58-76-64(69)52-49-46-43-40-37-34-31-26-23-20-17-14-11-8-5-2/h7-8,10-11,16-17,19-20,25-27,29-31,60-62,66-67H,4-6,9,12-15,18,21-24,28,32-59H2,1-3H3,(H,71,72)(H,73,74)/b10-7-,11-8-,19-16-,20-17-,27-25-,30-29-,31-26-. The molecule has 0 aromatic carbocycles. The van der Waals surface area contributed by atoms with Gasteiger partial charge in [-0.2, -0.15) is 0 Å². The van der Waals surface area contributed by atoms with Gasteiger partial charge in [-0.25, -0.2) is 9.13 Å². The second kappa shape index (κ2) is 59.1. The lowest BCUT2D eigenvalue weighted by atomic mass is 10.0. The van der Waals surface area contributed by atoms with Gasteiger partial charge in [0.15, 0.2) is 6.10 Å². The fraction of sp³-hybridized carbons (Fsp3) is 0.738. The van der Waals surface area contributed by atoms with Crippen LogP contribution in [-0.4, -0.2) is 95.9 Å². The number of rotatable bonds is 60. The zero-order chi connectivity index (χ0) is 61.0. The molecule has 0 bridgehead atoms. The van der Waals surface area contributed by atoms with Crippen LogP contribution in [0, 0.1) is 0 Å². The fourth-order valence-electron chi connectivity index (χ4n) is 8.28. The Morgan fingerprint density at radius 3 is 1.01 bits per heavy atom. The van der Waals surface area contributed by atoms with Crippen LogP contribution in [0.4, 0.5) is 0 Å². The Kier molecular flexibility index (Phi) is 56.8. The van der Waals surface area contributed by atoms with Crippen molar-refractivity contribution in [2.45, 2.75) is 270 Å². The fourth-order valence-corrected chi connectivity index (χ4v) is 9.87. The first-order chi connectivity index (χ1) is 40.2. The maximum atomic E-state index is 12.9. The number of aliphatic hydroxyl groups is 2. The molecule has 480 valence electrons. The lowest BCUT2D eigenvalue weighted by molar-refractivity contribution is -0.161. The third-order valence-corrected chi connectivity index (χ3v) is 15.0. The summed E-state index contributed by atoms with van der Waals surface area (Å²) < 4.78 is 60.7. The summed E-state index contributed by atoms with van der Waals surface area (Å²) in [6, 6.07) is 0. The third kappa shape index (κ3) is 60.2. The number of phosphoric acid groups is 2. The predicted octanol–water partition coefficient (Wildman–Crippen LogP) is 17.0. The monoisotopic (exact) mass is 1210 g/mol. The van der Waals surface area contributed by atoms with Crippen molar-refractivity contribution in [1.82, 2.24) is 0 Å². The number of ether oxygens (including phenoxy) is 3. The molecule has 16 nitrogen and oxygen atoms in total. The van der Waals surface area contributed by atoms with E-state index in [1.807, 2.05) is 0 Å². The van der Waals surface area contributed by atoms with Gasteiger partial charge < -0.3 is 34.2 Å². The summed E-state index contributed by atoms with van der Waals surface area (Å²) in [5, 5.41) is 20.5. The molecule has 0 heterocycles. The molecule has 83 heavy (non-hydrogen) atoms. The number of phosphoric ester groups is 2. The minimum atomic E-state index is -4.92. The first kappa shape index (κ1) is 79.7. The Labute approximate surface area is 502 Å². The smallest absolute Gasteiger partial charge is 0.463 e. The van der Waals surface area contributed by atoms with Crippen LogP contribution < -0.4 is 0 Å². The normalized spacial score (nSPS) is 14.9. The van der Waals surface area contributed by atoms with Crippen LogP contribution in [0.1, 0.15) is 252 Å². The Hall–Kier alpha value is -3.27. The van der Waals surface area contributed by atoms with Gasteiger partial charge in [-0.3, -0.25) is 32.5 Å². The molecule has 0 aromatic rings. The Bertz CT molecular complexity index is 1860. The summed E-state index contributed by atoms with van der Waals surface area (Å²) in [5.74, 6) is -1.60. The van der Waals surface area contributed by atoms with Crippen molar-refractivity contribution >= 4 is 33.6 Å². The van der Waals surface area contributed by atoms with Crippen molar-refractivity contribution in [2.75, 3.05) is 39.6 Å². The second-order valence-electron chi connectivity index (χ2n) is 21.2. The maximum Gasteiger partial charge on any atom is 0.472 e. The van der Waals surface area contributed by atoms with Gasteiger partial charge in [-0.15, -0.1) is 0 Å². The van der Waals surface area contributed by atoms with E-state index in [-0.39, 0.29) is 19.3 Å². The Morgan fingerprint density at radius 2 is 0.639 bits per heavy atom. The zero-order valence-corrected chi connectivity index (χ0v) is 53.4. The van der Waals surface area contributed by atoms with E-state index >= 15 is 0 Å². The highest BCUT2D eigenvalue weighted by Crippen LogP contribution is 2.45. The van der Waals surface area contributed by atoms with Gasteiger partial charge in [-0.05, 0) is 89.9 Å². The molecule has 0 aliphatic heterocycles. The van der Waals surface area contributed by atoms with Crippen LogP contribution in [-0.2, 0) is 55.8 Å². The van der Waals surface area contributed by atoms with Crippen molar-refractivity contribution in [1.29, 1.82) is 0 Å². The molecule has 5 atom stereocenters. The van der Waals surface area contributed by atoms with Crippen molar-refractivity contribution in [2.24, 2.45) is 0 Å². The second-order valence-corrected chi connectivity index (χ2v) is 24.1. The van der Waals surface area contributed by atoms with Gasteiger partial charge in [0.05, 0.1) is 26.4 Å². The average Bonchev–Trinajstić information content (AvgIpc) is 3.46. The van der Waals surface area contributed by atoms with Crippen molar-refractivity contribution in [3.8, 4) is 0 Å². The van der Waals surface area contributed by atoms with Gasteiger partial charge in [0.2, 0.25) is 0 Å². The Balaban J connectivity index is 4.65. The molecule has 0 aliphatic carbocycles. The first-order valence-electron chi connectivity index (χ1n) is 31.9. The molecule has 0 aromatic heterocycles. The lowest BCUT2D eigenvalue weighted by Crippen LogP contribution is -2.30. The number of unbranched alkanes of at least 4 members (excludes halogenated alkanes) is 23. The number of carbonyl (C=O) groups is 3. The topological polar surface area (TPSA) is 231 Å². The number of hydrogen-bond donors (Lipinski definition) is 4. The quantitative estimate of drug-likeness (QED) is 0.0146. The predicted molar refractivity (Wildman–Crippen MR) is 334 cm³/mol. The van der Waals surface area contributed by atoms with Crippen LogP contribution in [0.5, 0.6) is 0 Å². The van der Waals surface area contributed by atoms with E-state index in [0.29, 0.717) is 19.3 Å². The molecule has 18 heteroatoms. The van der Waals surface area contributed by atoms with Crippen LogP contribution in [0.3, 0.4) is 0 Å². The van der Waals surface area contributed by atoms with Crippen molar-refractivity contribution < 1.29 is 75.8 Å². The van der Waals surface area contributed by atoms with Crippen molar-refractivity contribution in [3.63, 3.8) is 0 Å². The molecule has 0 amide bonds. The van der Waals surface area contributed by atoms with E-state index in [4.69, 9.17) is 32.3 Å². The van der Waals surface area contributed by atoms with Gasteiger partial charge in [0.25, 0.3) is 0 Å². The highest BCUT2D eigenvalue weighted by Gasteiger charge is 2.29. The summed E-state index contributed by atoms with van der Waals surface area (Å²) in [4.78, 5) is 58.2. The molecule has 0 aliphatic rings. The van der Waals surface area contributed by atoms with Crippen LogP contribution in [0.25, 0.3) is 0 Å². The van der Waals surface area contributed by atoms with E-state index in [0.717, 1.165) is 141 Å². The zero-order valence-electron chi connectivity index (χ0n) is 51.6. The molecular weight excluding hydrogens is 1100 g/mol. The SMILES string of the molecule is CC/C=C\C/C=C\C/C=C\C/C=C\CCCCCCCCC(=O)OCC(O)COP(=O)(O)OCC(O)COP(=O)(O)OCC(COC(=O)CCCCCCC/C=C\C/C=C\C/C=C\CC)OC(=O)CCCCCCCCCCCCCCC. The minimum Gasteiger partial charge on any atom is -0.463 e. The number of allylic oxidation sites excluding steroid dienone is 14. The van der Waals surface area contributed by atoms with Gasteiger partial charge in [-0.1, -0.05) is 228 Å². The molecule has 4 N–H and O–H groups in total. The van der Waals surface area contributed by atoms with Crippen molar-refractivity contribution in [3.05, 3.63) is 85.1 Å². The molecule has 5 unspecified atom stereocenters. The first-order valence-corrected chi connectivity index (χ1v) is 34.9. The van der Waals surface area contributed by atoms with E-state index < -0.39 is 91.5 Å². The molecular formula is C65H114O16P2. The number of carbonyl (C=O) groups excluding carboxylic acids is 3. The highest BCUT2D eigenvalue weighted by atomic mass is 31.2. The van der Waals surface area contributed by atoms with Crippen LogP contribution in [0.15, 0.2) is 85.1 Å². The molecule has 0 saturated carbocycles. The molecule has 0 spiro atoms. The number of esters is 3. The lowest BCUT2D eigenvalue weighted by Gasteiger charge is -2.21. The van der Waals surface area contributed by atoms with E-state index in [1.165, 1.54) is 51.4 Å². The summed E-state index contributed by atoms with van der Waals surface area (Å²) in [6.07, 6.45) is 60.7. The van der Waals surface area contributed by atoms with Crippen LogP contribution in [0.2, 0.25) is 0 Å². The summed E-state index contributed by atoms with van der Waals surface area (Å²) in [5.41, 5.74) is 0. The Morgan fingerprint density at radius 1 is 0.349 bits per heavy atom. The molecule has 0 rings (SSSR count). The maximum absolute atomic E-state index is 12.9. The third-order valence-electron chi connectivity index (χ3n) is 13.1. The van der Waals surface area contributed by atoms with Gasteiger partial charge >= 0.3 is 33.6 Å². The molecule has 0 saturated heterocycles. The summed E-state index contributed by atoms with van der Waals surface area (Å²) in [6.45, 7) is 2.40. The average molecular weight is 1210 g/mol. The number of hydrogen-bond acceptors (Lipinski definition) is 14. The van der Waals surface area contributed by atoms with E-state index in [1.54, 1.807) is 0 Å². The largest absolute Gasteiger partial charge is 0.472 e. The molecule has 0 radical (unpaired) electrons. The van der Waals surface area contributed by atoms with Gasteiger partial charge in [0.1, 0.15) is 25.4 Å². The highest BCUT2D eigenvalue weighted by molar-refractivity contribution is 7.47. The molecule has 0 fully saturated rings. The van der Waals surface area contributed by atoms with E-state index in [9.17, 15) is 43.5 Å². The number of aliphatic hydroxyl groups excluding tert-OH is 2. The van der Waals surface area contributed by atoms with E-state index in [2.05, 4.69) is 106 Å². The minimum absolute atomic E-state index is 0.103. The van der Waals surface area contributed by atoms with Gasteiger partial charge in [0, 0.05) is 19.3 Å². The van der Waals surface area contributed by atoms with Crippen LogP contribution >= 0.6 is 15.6 Å². The summed E-state index contributed by atoms with van der Waals surface area (Å²) in [7, 11) is -9.77.